The van der Waals surface area contributed by atoms with Gasteiger partial charge < -0.3 is 10.4 Å². The third kappa shape index (κ3) is 3.81. The van der Waals surface area contributed by atoms with Gasteiger partial charge in [-0.05, 0) is 40.8 Å². The molecule has 3 aromatic rings. The second-order valence-corrected chi connectivity index (χ2v) is 7.72. The minimum atomic E-state index is -1.13. The van der Waals surface area contributed by atoms with Gasteiger partial charge in [-0.1, -0.05) is 29.8 Å². The van der Waals surface area contributed by atoms with Gasteiger partial charge in [-0.25, -0.2) is 9.37 Å². The van der Waals surface area contributed by atoms with Gasteiger partial charge in [0.1, 0.15) is 17.4 Å². The molecule has 0 fully saturated rings. The van der Waals surface area contributed by atoms with Crippen molar-refractivity contribution < 1.29 is 19.1 Å². The first-order valence-electron chi connectivity index (χ1n) is 8.50. The predicted octanol–water partition coefficient (Wildman–Crippen LogP) is 3.97. The number of fused-ring (bicyclic) bond motifs is 1. The first-order chi connectivity index (χ1) is 13.9. The van der Waals surface area contributed by atoms with Gasteiger partial charge in [-0.2, -0.15) is 0 Å². The maximum absolute atomic E-state index is 13.8. The monoisotopic (exact) mass is 429 g/mol. The van der Waals surface area contributed by atoms with Crippen LogP contribution in [0.3, 0.4) is 0 Å². The number of carbonyl (C=O) groups excluding carboxylic acids is 1. The maximum atomic E-state index is 13.8. The zero-order valence-corrected chi connectivity index (χ0v) is 16.2. The molecule has 9 heteroatoms. The summed E-state index contributed by atoms with van der Waals surface area (Å²) in [5.74, 6) is -3.37. The topological polar surface area (TPSA) is 92.2 Å². The van der Waals surface area contributed by atoms with Crippen molar-refractivity contribution >= 4 is 51.8 Å². The molecule has 0 spiro atoms. The molecule has 2 unspecified atom stereocenters. The van der Waals surface area contributed by atoms with Crippen molar-refractivity contribution in [3.05, 3.63) is 76.2 Å². The van der Waals surface area contributed by atoms with Crippen LogP contribution < -0.4 is 5.32 Å². The van der Waals surface area contributed by atoms with Crippen LogP contribution in [0.15, 0.2) is 54.1 Å². The number of rotatable bonds is 4. The molecule has 2 N–H and O–H groups in total. The van der Waals surface area contributed by atoms with Gasteiger partial charge in [0, 0.05) is 0 Å². The third-order valence-electron chi connectivity index (χ3n) is 4.45. The van der Waals surface area contributed by atoms with Crippen LogP contribution in [0.1, 0.15) is 16.1 Å². The van der Waals surface area contributed by atoms with Gasteiger partial charge in [0.25, 0.3) is 5.91 Å². The van der Waals surface area contributed by atoms with Gasteiger partial charge in [-0.3, -0.25) is 14.6 Å². The van der Waals surface area contributed by atoms with E-state index in [0.717, 1.165) is 11.8 Å². The zero-order valence-electron chi connectivity index (χ0n) is 14.7. The quantitative estimate of drug-likeness (QED) is 0.652. The number of hydrogen-bond acceptors (Lipinski definition) is 5. The summed E-state index contributed by atoms with van der Waals surface area (Å²) >= 11 is 6.85. The molecule has 0 radical (unpaired) electrons. The number of hydrogen-bond donors (Lipinski definition) is 2. The zero-order chi connectivity index (χ0) is 20.5. The number of halogens is 2. The molecule has 2 atom stereocenters. The van der Waals surface area contributed by atoms with Crippen molar-refractivity contribution in [1.29, 1.82) is 0 Å². The van der Waals surface area contributed by atoms with E-state index in [9.17, 15) is 19.1 Å². The lowest BCUT2D eigenvalue weighted by Crippen LogP contribution is -2.40. The number of nitrogens with one attached hydrogen (secondary N) is 1. The molecule has 1 aliphatic rings. The lowest BCUT2D eigenvalue weighted by Gasteiger charge is -2.19. The number of carboxylic acid groups (broad SMARTS) is 1. The van der Waals surface area contributed by atoms with Crippen LogP contribution in [0.2, 0.25) is 5.02 Å². The van der Waals surface area contributed by atoms with Crippen LogP contribution in [-0.4, -0.2) is 32.3 Å². The highest BCUT2D eigenvalue weighted by Gasteiger charge is 2.38. The summed E-state index contributed by atoms with van der Waals surface area (Å²) in [4.78, 5) is 33.0. The fourth-order valence-electron chi connectivity index (χ4n) is 3.03. The second kappa shape index (κ2) is 7.81. The first kappa shape index (κ1) is 19.4. The van der Waals surface area contributed by atoms with Crippen LogP contribution in [-0.2, 0) is 4.79 Å². The highest BCUT2D eigenvalue weighted by atomic mass is 35.5. The molecule has 1 aromatic heterocycles. The van der Waals surface area contributed by atoms with E-state index in [1.807, 2.05) is 6.07 Å². The summed E-state index contributed by atoms with van der Waals surface area (Å²) in [7, 11) is 0. The molecular weight excluding hydrogens is 417 g/mol. The molecule has 146 valence electrons. The van der Waals surface area contributed by atoms with Gasteiger partial charge >= 0.3 is 5.97 Å². The molecule has 0 saturated carbocycles. The average molecular weight is 430 g/mol. The number of aliphatic carboxylic acids is 1. The molecule has 6 nitrogen and oxygen atoms in total. The molecule has 0 bridgehead atoms. The number of benzene rings is 2. The van der Waals surface area contributed by atoms with Crippen molar-refractivity contribution in [3.63, 3.8) is 0 Å². The highest BCUT2D eigenvalue weighted by Crippen LogP contribution is 2.41. The predicted molar refractivity (Wildman–Crippen MR) is 109 cm³/mol. The molecule has 4 rings (SSSR count). The summed E-state index contributed by atoms with van der Waals surface area (Å²) in [6.07, 6.45) is 1.34. The summed E-state index contributed by atoms with van der Waals surface area (Å²) < 4.78 is 13.8. The summed E-state index contributed by atoms with van der Waals surface area (Å²) in [5, 5.41) is 13.2. The van der Waals surface area contributed by atoms with Crippen molar-refractivity contribution in [2.75, 3.05) is 0 Å². The molecule has 2 heterocycles. The van der Waals surface area contributed by atoms with Crippen LogP contribution in [0, 0.1) is 11.7 Å². The molecule has 2 aromatic carbocycles. The Labute approximate surface area is 173 Å². The molecule has 1 aliphatic heterocycles. The molecule has 1 amide bonds. The van der Waals surface area contributed by atoms with Crippen molar-refractivity contribution in [2.45, 2.75) is 5.37 Å². The van der Waals surface area contributed by atoms with E-state index in [0.29, 0.717) is 22.2 Å². The van der Waals surface area contributed by atoms with Crippen molar-refractivity contribution in [3.8, 4) is 0 Å². The lowest BCUT2D eigenvalue weighted by molar-refractivity contribution is -0.139. The Kier molecular flexibility index (Phi) is 5.21. The van der Waals surface area contributed by atoms with Crippen LogP contribution in [0.4, 0.5) is 4.39 Å². The Morgan fingerprint density at radius 3 is 2.66 bits per heavy atom. The summed E-state index contributed by atoms with van der Waals surface area (Å²) in [6, 6.07) is 11.2. The second-order valence-electron chi connectivity index (χ2n) is 6.29. The fourth-order valence-corrected chi connectivity index (χ4v) is 4.32. The van der Waals surface area contributed by atoms with E-state index in [4.69, 9.17) is 11.6 Å². The number of nitrogens with zero attached hydrogens (tertiary/aromatic N) is 2. The largest absolute Gasteiger partial charge is 0.481 e. The SMILES string of the molecule is O=C(NC1SC=C(c2ccc(Cl)c(F)c2)C1C(=O)O)c1cnc2ccccc2n1. The van der Waals surface area contributed by atoms with Crippen LogP contribution in [0.5, 0.6) is 0 Å². The molecule has 29 heavy (non-hydrogen) atoms. The molecule has 0 saturated heterocycles. The smallest absolute Gasteiger partial charge is 0.314 e. The Morgan fingerprint density at radius 2 is 1.93 bits per heavy atom. The van der Waals surface area contributed by atoms with Crippen LogP contribution >= 0.6 is 23.4 Å². The minimum Gasteiger partial charge on any atom is -0.481 e. The lowest BCUT2D eigenvalue weighted by atomic mass is 9.93. The highest BCUT2D eigenvalue weighted by molar-refractivity contribution is 8.03. The summed E-state index contributed by atoms with van der Waals surface area (Å²) in [5.41, 5.74) is 2.09. The van der Waals surface area contributed by atoms with E-state index in [1.54, 1.807) is 29.7 Å². The minimum absolute atomic E-state index is 0.0494. The van der Waals surface area contributed by atoms with E-state index in [-0.39, 0.29) is 10.7 Å². The molecule has 0 aliphatic carbocycles. The number of carboxylic acids is 1. The molecular formula is C20H13ClFN3O3S. The number of para-hydroxylation sites is 2. The Balaban J connectivity index is 1.57. The number of amides is 1. The van der Waals surface area contributed by atoms with Gasteiger partial charge in [0.05, 0.1) is 27.6 Å². The van der Waals surface area contributed by atoms with E-state index in [1.165, 1.54) is 18.3 Å². The Morgan fingerprint density at radius 1 is 1.17 bits per heavy atom. The standard InChI is InChI=1S/C20H13ClFN3O3S/c21-12-6-5-10(7-13(12)22)11-9-29-19(17(11)20(27)28)25-18(26)16-8-23-14-3-1-2-4-15(14)24-16/h1-9,17,19H,(H,25,26)(H,27,28). The van der Waals surface area contributed by atoms with Crippen molar-refractivity contribution in [1.82, 2.24) is 15.3 Å². The van der Waals surface area contributed by atoms with E-state index < -0.39 is 29.0 Å². The third-order valence-corrected chi connectivity index (χ3v) is 5.83. The van der Waals surface area contributed by atoms with E-state index in [2.05, 4.69) is 15.3 Å². The van der Waals surface area contributed by atoms with Crippen LogP contribution in [0.25, 0.3) is 16.6 Å². The normalized spacial score (nSPS) is 18.5. The van der Waals surface area contributed by atoms with Crippen molar-refractivity contribution in [2.24, 2.45) is 5.92 Å². The van der Waals surface area contributed by atoms with E-state index >= 15 is 0 Å². The Bertz CT molecular complexity index is 1170. The number of thioether (sulfide) groups is 1. The average Bonchev–Trinajstić information content (AvgIpc) is 3.13. The first-order valence-corrected chi connectivity index (χ1v) is 9.82. The Hall–Kier alpha value is -2.97. The van der Waals surface area contributed by atoms with Gasteiger partial charge in [-0.15, -0.1) is 11.8 Å². The summed E-state index contributed by atoms with van der Waals surface area (Å²) in [6.45, 7) is 0. The number of carbonyl (C=O) groups is 2. The fraction of sp³-hybridized carbons (Fsp3) is 0.100. The van der Waals surface area contributed by atoms with Gasteiger partial charge in [0.2, 0.25) is 0 Å². The number of aromatic nitrogens is 2. The van der Waals surface area contributed by atoms with Gasteiger partial charge in [0.15, 0.2) is 0 Å². The maximum Gasteiger partial charge on any atom is 0.314 e.